The van der Waals surface area contributed by atoms with E-state index in [9.17, 15) is 18.0 Å². The molecule has 0 aliphatic carbocycles. The molecule has 0 N–H and O–H groups in total. The van der Waals surface area contributed by atoms with Gasteiger partial charge < -0.3 is 14.4 Å². The van der Waals surface area contributed by atoms with Crippen LogP contribution in [0.5, 0.6) is 0 Å². The minimum Gasteiger partial charge on any atom is -0.444 e. The van der Waals surface area contributed by atoms with Gasteiger partial charge in [-0.3, -0.25) is 0 Å². The van der Waals surface area contributed by atoms with Crippen LogP contribution in [0.4, 0.5) is 18.0 Å². The van der Waals surface area contributed by atoms with Gasteiger partial charge in [0.2, 0.25) is 0 Å². The van der Waals surface area contributed by atoms with Crippen LogP contribution in [-0.2, 0) is 22.3 Å². The average Bonchev–Trinajstić information content (AvgIpc) is 3.23. The molecule has 1 aromatic carbocycles. The molecular formula is C19H21F3N4O3. The lowest BCUT2D eigenvalue weighted by molar-refractivity contribution is -0.137. The van der Waals surface area contributed by atoms with E-state index in [1.54, 1.807) is 30.4 Å². The van der Waals surface area contributed by atoms with Crippen molar-refractivity contribution >= 4 is 6.09 Å². The van der Waals surface area contributed by atoms with Crippen molar-refractivity contribution < 1.29 is 27.4 Å². The van der Waals surface area contributed by atoms with Gasteiger partial charge in [0.15, 0.2) is 0 Å². The molecule has 4 rings (SSSR count). The van der Waals surface area contributed by atoms with E-state index < -0.39 is 23.4 Å². The highest BCUT2D eigenvalue weighted by Gasteiger charge is 2.43. The first-order valence-corrected chi connectivity index (χ1v) is 9.24. The molecule has 2 atom stereocenters. The standard InChI is InChI=1S/C19H21F3N4O3/c1-18(2,3)29-17(27)25-8-13-15(9-25)28-10-14-16(23-24-26(13)14)11-4-6-12(7-5-11)19(20,21)22/h4-7,13,15H,8-10H2,1-3H3. The quantitative estimate of drug-likeness (QED) is 0.718. The van der Waals surface area contributed by atoms with Crippen molar-refractivity contribution in [2.75, 3.05) is 13.1 Å². The summed E-state index contributed by atoms with van der Waals surface area (Å²) in [6, 6.07) is 4.57. The Balaban J connectivity index is 1.55. The van der Waals surface area contributed by atoms with Gasteiger partial charge in [-0.15, -0.1) is 5.10 Å². The Morgan fingerprint density at radius 3 is 2.48 bits per heavy atom. The number of aromatic nitrogens is 3. The molecule has 7 nitrogen and oxygen atoms in total. The average molecular weight is 410 g/mol. The van der Waals surface area contributed by atoms with Crippen molar-refractivity contribution in [3.05, 3.63) is 35.5 Å². The number of halogens is 3. The van der Waals surface area contributed by atoms with Crippen molar-refractivity contribution in [3.63, 3.8) is 0 Å². The maximum absolute atomic E-state index is 12.8. The van der Waals surface area contributed by atoms with E-state index in [1.807, 2.05) is 0 Å². The number of hydrogen-bond acceptors (Lipinski definition) is 5. The van der Waals surface area contributed by atoms with Crippen molar-refractivity contribution in [2.24, 2.45) is 0 Å². The summed E-state index contributed by atoms with van der Waals surface area (Å²) in [7, 11) is 0. The van der Waals surface area contributed by atoms with Crippen LogP contribution in [0, 0.1) is 0 Å². The van der Waals surface area contributed by atoms with Crippen LogP contribution in [0.2, 0.25) is 0 Å². The highest BCUT2D eigenvalue weighted by molar-refractivity contribution is 5.69. The Hall–Kier alpha value is -2.62. The highest BCUT2D eigenvalue weighted by Crippen LogP contribution is 2.36. The van der Waals surface area contributed by atoms with Gasteiger partial charge in [-0.05, 0) is 32.9 Å². The third kappa shape index (κ3) is 3.81. The number of likely N-dealkylation sites (tertiary alicyclic amines) is 1. The van der Waals surface area contributed by atoms with Gasteiger partial charge in [0.25, 0.3) is 0 Å². The molecule has 0 radical (unpaired) electrons. The molecule has 2 aromatic rings. The smallest absolute Gasteiger partial charge is 0.416 e. The second-order valence-corrected chi connectivity index (χ2v) is 8.21. The van der Waals surface area contributed by atoms with Gasteiger partial charge in [0.1, 0.15) is 11.3 Å². The van der Waals surface area contributed by atoms with Gasteiger partial charge in [-0.25, -0.2) is 9.48 Å². The molecule has 3 heterocycles. The lowest BCUT2D eigenvalue weighted by Gasteiger charge is -2.26. The summed E-state index contributed by atoms with van der Waals surface area (Å²) < 4.78 is 51.4. The summed E-state index contributed by atoms with van der Waals surface area (Å²) in [5.41, 5.74) is 0.371. The lowest BCUT2D eigenvalue weighted by Crippen LogP contribution is -2.36. The molecule has 10 heteroatoms. The number of carbonyl (C=O) groups excluding carboxylic acids is 1. The third-order valence-corrected chi connectivity index (χ3v) is 4.91. The van der Waals surface area contributed by atoms with E-state index in [0.717, 1.165) is 12.1 Å². The SMILES string of the molecule is CC(C)(C)OC(=O)N1CC2OCc3c(-c4ccc(C(F)(F)F)cc4)nnn3C2C1. The zero-order valence-corrected chi connectivity index (χ0v) is 16.2. The molecule has 0 saturated carbocycles. The zero-order valence-electron chi connectivity index (χ0n) is 16.2. The Kier molecular flexibility index (Phi) is 4.56. The van der Waals surface area contributed by atoms with Crippen LogP contribution >= 0.6 is 0 Å². The molecule has 1 fully saturated rings. The van der Waals surface area contributed by atoms with E-state index in [0.29, 0.717) is 30.0 Å². The first-order valence-electron chi connectivity index (χ1n) is 9.24. The van der Waals surface area contributed by atoms with Gasteiger partial charge in [-0.1, -0.05) is 17.3 Å². The predicted octanol–water partition coefficient (Wildman–Crippen LogP) is 3.65. The lowest BCUT2D eigenvalue weighted by atomic mass is 10.1. The van der Waals surface area contributed by atoms with Crippen molar-refractivity contribution in [2.45, 2.75) is 51.3 Å². The van der Waals surface area contributed by atoms with Gasteiger partial charge in [0, 0.05) is 12.1 Å². The number of rotatable bonds is 1. The van der Waals surface area contributed by atoms with E-state index in [-0.39, 0.29) is 18.8 Å². The molecule has 29 heavy (non-hydrogen) atoms. The minimum atomic E-state index is -4.39. The molecule has 2 aliphatic rings. The predicted molar refractivity (Wildman–Crippen MR) is 95.9 cm³/mol. The largest absolute Gasteiger partial charge is 0.444 e. The fraction of sp³-hybridized carbons (Fsp3) is 0.526. The van der Waals surface area contributed by atoms with Crippen LogP contribution in [0.3, 0.4) is 0 Å². The van der Waals surface area contributed by atoms with Crippen molar-refractivity contribution in [1.29, 1.82) is 0 Å². The molecule has 2 unspecified atom stereocenters. The third-order valence-electron chi connectivity index (χ3n) is 4.91. The Bertz CT molecular complexity index is 918. The number of benzene rings is 1. The fourth-order valence-corrected chi connectivity index (χ4v) is 3.57. The number of nitrogens with zero attached hydrogens (tertiary/aromatic N) is 4. The first-order chi connectivity index (χ1) is 13.5. The van der Waals surface area contributed by atoms with E-state index in [1.165, 1.54) is 12.1 Å². The van der Waals surface area contributed by atoms with Crippen LogP contribution in [0.1, 0.15) is 38.1 Å². The number of ether oxygens (including phenoxy) is 2. The van der Waals surface area contributed by atoms with Crippen LogP contribution in [0.25, 0.3) is 11.3 Å². The van der Waals surface area contributed by atoms with Gasteiger partial charge >= 0.3 is 12.3 Å². The molecule has 0 bridgehead atoms. The molecule has 1 aromatic heterocycles. The molecule has 1 saturated heterocycles. The highest BCUT2D eigenvalue weighted by atomic mass is 19.4. The summed E-state index contributed by atoms with van der Waals surface area (Å²) in [5.74, 6) is 0. The summed E-state index contributed by atoms with van der Waals surface area (Å²) in [5, 5.41) is 8.37. The van der Waals surface area contributed by atoms with E-state index in [4.69, 9.17) is 9.47 Å². The van der Waals surface area contributed by atoms with E-state index in [2.05, 4.69) is 10.3 Å². The van der Waals surface area contributed by atoms with Crippen LogP contribution in [0.15, 0.2) is 24.3 Å². The Morgan fingerprint density at radius 2 is 1.86 bits per heavy atom. The maximum Gasteiger partial charge on any atom is 0.416 e. The van der Waals surface area contributed by atoms with Crippen LogP contribution < -0.4 is 0 Å². The second-order valence-electron chi connectivity index (χ2n) is 8.21. The Labute approximate surface area is 165 Å². The topological polar surface area (TPSA) is 69.5 Å². The van der Waals surface area contributed by atoms with E-state index >= 15 is 0 Å². The number of amides is 1. The molecular weight excluding hydrogens is 389 g/mol. The van der Waals surface area contributed by atoms with Crippen LogP contribution in [-0.4, -0.2) is 50.8 Å². The maximum atomic E-state index is 12.8. The number of hydrogen-bond donors (Lipinski definition) is 0. The Morgan fingerprint density at radius 1 is 1.17 bits per heavy atom. The number of fused-ring (bicyclic) bond motifs is 3. The van der Waals surface area contributed by atoms with Gasteiger partial charge in [-0.2, -0.15) is 13.2 Å². The first kappa shape index (κ1) is 19.7. The number of carbonyl (C=O) groups is 1. The summed E-state index contributed by atoms with van der Waals surface area (Å²) in [6.07, 6.45) is -5.05. The summed E-state index contributed by atoms with van der Waals surface area (Å²) >= 11 is 0. The summed E-state index contributed by atoms with van der Waals surface area (Å²) in [6.45, 7) is 6.37. The summed E-state index contributed by atoms with van der Waals surface area (Å²) in [4.78, 5) is 13.9. The second kappa shape index (κ2) is 6.72. The molecule has 1 amide bonds. The monoisotopic (exact) mass is 410 g/mol. The van der Waals surface area contributed by atoms with Crippen molar-refractivity contribution in [1.82, 2.24) is 19.9 Å². The molecule has 156 valence electrons. The van der Waals surface area contributed by atoms with Gasteiger partial charge in [0.05, 0.1) is 36.6 Å². The minimum absolute atomic E-state index is 0.215. The zero-order chi connectivity index (χ0) is 21.0. The molecule has 2 aliphatic heterocycles. The normalized spacial score (nSPS) is 21.7. The molecule has 0 spiro atoms. The number of alkyl halides is 3. The van der Waals surface area contributed by atoms with Crippen molar-refractivity contribution in [3.8, 4) is 11.3 Å². The fourth-order valence-electron chi connectivity index (χ4n) is 3.57.